The summed E-state index contributed by atoms with van der Waals surface area (Å²) in [6.45, 7) is 3.76. The summed E-state index contributed by atoms with van der Waals surface area (Å²) >= 11 is 0. The zero-order valence-electron chi connectivity index (χ0n) is 18.6. The molecule has 1 aromatic heterocycles. The molecule has 4 rings (SSSR count). The highest BCUT2D eigenvalue weighted by Gasteiger charge is 2.48. The van der Waals surface area contributed by atoms with Crippen molar-refractivity contribution in [3.63, 3.8) is 0 Å². The van der Waals surface area contributed by atoms with Crippen molar-refractivity contribution >= 4 is 23.5 Å². The summed E-state index contributed by atoms with van der Waals surface area (Å²) in [5.41, 5.74) is 1.02. The lowest BCUT2D eigenvalue weighted by Crippen LogP contribution is -2.55. The molecule has 10 nitrogen and oxygen atoms in total. The van der Waals surface area contributed by atoms with Crippen molar-refractivity contribution < 1.29 is 23.5 Å². The average molecular weight is 458 g/mol. The second-order valence-corrected chi connectivity index (χ2v) is 8.53. The lowest BCUT2D eigenvalue weighted by Gasteiger charge is -2.38. The number of carbonyl (C=O) groups excluding carboxylic acids is 3. The quantitative estimate of drug-likeness (QED) is 0.535. The van der Waals surface area contributed by atoms with Crippen molar-refractivity contribution in [3.05, 3.63) is 36.4 Å². The van der Waals surface area contributed by atoms with E-state index < -0.39 is 23.4 Å². The van der Waals surface area contributed by atoms with E-state index in [-0.39, 0.29) is 24.8 Å². The molecule has 3 N–H and O–H groups in total. The van der Waals surface area contributed by atoms with E-state index in [0.29, 0.717) is 26.2 Å². The molecule has 2 atom stereocenters. The molecule has 33 heavy (non-hydrogen) atoms. The third kappa shape index (κ3) is 4.68. The lowest BCUT2D eigenvalue weighted by atomic mass is 9.88. The van der Waals surface area contributed by atoms with Crippen molar-refractivity contribution in [1.29, 1.82) is 0 Å². The fourth-order valence-corrected chi connectivity index (χ4v) is 4.52. The summed E-state index contributed by atoms with van der Waals surface area (Å²) in [6.07, 6.45) is 3.48. The second kappa shape index (κ2) is 9.18. The molecule has 176 valence electrons. The molecular formula is C22H27FN6O4. The second-order valence-electron chi connectivity index (χ2n) is 8.53. The van der Waals surface area contributed by atoms with Gasteiger partial charge in [0.25, 0.3) is 5.91 Å². The smallest absolute Gasteiger partial charge is 0.322 e. The van der Waals surface area contributed by atoms with E-state index in [1.54, 1.807) is 24.2 Å². The van der Waals surface area contributed by atoms with Gasteiger partial charge in [0.2, 0.25) is 5.91 Å². The number of carbonyl (C=O) groups is 3. The summed E-state index contributed by atoms with van der Waals surface area (Å²) in [4.78, 5) is 40.8. The third-order valence-corrected chi connectivity index (χ3v) is 6.15. The molecule has 0 bridgehead atoms. The Morgan fingerprint density at radius 3 is 2.58 bits per heavy atom. The topological polar surface area (TPSA) is 120 Å². The molecule has 2 aromatic rings. The number of urea groups is 1. The molecule has 4 amide bonds. The van der Waals surface area contributed by atoms with Gasteiger partial charge in [0.05, 0.1) is 12.8 Å². The number of rotatable bonds is 7. The van der Waals surface area contributed by atoms with Crippen LogP contribution in [0, 0.1) is 11.7 Å². The van der Waals surface area contributed by atoms with Gasteiger partial charge in [-0.25, -0.2) is 9.18 Å². The molecular weight excluding hydrogens is 431 g/mol. The minimum atomic E-state index is -1.26. The van der Waals surface area contributed by atoms with Crippen LogP contribution in [0.5, 0.6) is 0 Å². The first-order valence-electron chi connectivity index (χ1n) is 10.8. The highest BCUT2D eigenvalue weighted by atomic mass is 19.1. The molecule has 11 heteroatoms. The number of hydrogen-bond donors (Lipinski definition) is 3. The molecule has 1 aromatic carbocycles. The van der Waals surface area contributed by atoms with Crippen LogP contribution in [0.15, 0.2) is 30.6 Å². The molecule has 0 spiro atoms. The number of benzene rings is 1. The Bertz CT molecular complexity index is 1040. The van der Waals surface area contributed by atoms with Gasteiger partial charge in [-0.2, -0.15) is 5.10 Å². The van der Waals surface area contributed by atoms with Crippen molar-refractivity contribution in [1.82, 2.24) is 25.7 Å². The van der Waals surface area contributed by atoms with Crippen LogP contribution < -0.4 is 15.5 Å². The van der Waals surface area contributed by atoms with E-state index >= 15 is 0 Å². The Morgan fingerprint density at radius 2 is 1.97 bits per heavy atom. The standard InChI is InChI=1S/C22H27FN6O4/c1-14(10-22(13-33-2)20(31)26-21(32)27-22)19(30)29-5-3-28(4-6-29)18-8-15(7-17(23)9-18)16-11-24-25-12-16/h7-9,11-12,14H,3-6,10,13H2,1-2H3,(H,24,25)(H2,26,27,31,32)/t14?,22-/m0/s1. The van der Waals surface area contributed by atoms with Crippen LogP contribution in [0.25, 0.3) is 11.1 Å². The number of methoxy groups -OCH3 is 1. The van der Waals surface area contributed by atoms with E-state index in [0.717, 1.165) is 16.8 Å². The number of hydrogen-bond acceptors (Lipinski definition) is 6. The van der Waals surface area contributed by atoms with Crippen LogP contribution in [-0.4, -0.2) is 78.4 Å². The highest BCUT2D eigenvalue weighted by molar-refractivity contribution is 6.07. The van der Waals surface area contributed by atoms with E-state index in [1.807, 2.05) is 11.0 Å². The Labute approximate surface area is 190 Å². The van der Waals surface area contributed by atoms with Gasteiger partial charge in [-0.15, -0.1) is 0 Å². The molecule has 0 radical (unpaired) electrons. The van der Waals surface area contributed by atoms with E-state index in [9.17, 15) is 18.8 Å². The summed E-state index contributed by atoms with van der Waals surface area (Å²) < 4.78 is 19.4. The summed E-state index contributed by atoms with van der Waals surface area (Å²) in [5, 5.41) is 11.5. The predicted molar refractivity (Wildman–Crippen MR) is 118 cm³/mol. The van der Waals surface area contributed by atoms with Gasteiger partial charge in [0.15, 0.2) is 0 Å². The summed E-state index contributed by atoms with van der Waals surface area (Å²) in [6, 6.07) is 4.27. The fraction of sp³-hybridized carbons (Fsp3) is 0.455. The number of ether oxygens (including phenoxy) is 1. The molecule has 0 aliphatic carbocycles. The largest absolute Gasteiger partial charge is 0.382 e. The van der Waals surface area contributed by atoms with Crippen LogP contribution in [-0.2, 0) is 14.3 Å². The van der Waals surface area contributed by atoms with Crippen LogP contribution >= 0.6 is 0 Å². The zero-order valence-corrected chi connectivity index (χ0v) is 18.6. The van der Waals surface area contributed by atoms with Gasteiger partial charge in [-0.3, -0.25) is 20.0 Å². The van der Waals surface area contributed by atoms with Crippen LogP contribution in [0.1, 0.15) is 13.3 Å². The number of H-pyrrole nitrogens is 1. The van der Waals surface area contributed by atoms with E-state index in [1.165, 1.54) is 19.2 Å². The van der Waals surface area contributed by atoms with Gasteiger partial charge in [-0.1, -0.05) is 6.92 Å². The minimum Gasteiger partial charge on any atom is -0.382 e. The molecule has 3 heterocycles. The van der Waals surface area contributed by atoms with Crippen molar-refractivity contribution in [2.75, 3.05) is 44.8 Å². The Balaban J connectivity index is 1.39. The average Bonchev–Trinajstić information content (AvgIpc) is 3.41. The maximum Gasteiger partial charge on any atom is 0.322 e. The predicted octanol–water partition coefficient (Wildman–Crippen LogP) is 1.12. The summed E-state index contributed by atoms with van der Waals surface area (Å²) in [7, 11) is 1.44. The first-order chi connectivity index (χ1) is 15.8. The maximum atomic E-state index is 14.2. The fourth-order valence-electron chi connectivity index (χ4n) is 4.52. The molecule has 2 saturated heterocycles. The monoisotopic (exact) mass is 458 g/mol. The number of anilines is 1. The normalized spacial score (nSPS) is 21.7. The molecule has 1 unspecified atom stereocenters. The van der Waals surface area contributed by atoms with Gasteiger partial charge >= 0.3 is 6.03 Å². The maximum absolute atomic E-state index is 14.2. The number of nitrogens with one attached hydrogen (secondary N) is 3. The number of piperazine rings is 1. The van der Waals surface area contributed by atoms with Crippen molar-refractivity contribution in [2.24, 2.45) is 5.92 Å². The lowest BCUT2D eigenvalue weighted by molar-refractivity contribution is -0.137. The van der Waals surface area contributed by atoms with Crippen molar-refractivity contribution in [3.8, 4) is 11.1 Å². The first kappa shape index (κ1) is 22.7. The van der Waals surface area contributed by atoms with Gasteiger partial charge in [0.1, 0.15) is 11.4 Å². The molecule has 2 aliphatic rings. The first-order valence-corrected chi connectivity index (χ1v) is 10.8. The van der Waals surface area contributed by atoms with Crippen LogP contribution in [0.4, 0.5) is 14.9 Å². The number of halogens is 1. The highest BCUT2D eigenvalue weighted by Crippen LogP contribution is 2.28. The Kier molecular flexibility index (Phi) is 6.32. The minimum absolute atomic E-state index is 0.0193. The van der Waals surface area contributed by atoms with Crippen LogP contribution in [0.3, 0.4) is 0 Å². The Hall–Kier alpha value is -3.47. The van der Waals surface area contributed by atoms with E-state index in [2.05, 4.69) is 20.8 Å². The van der Waals surface area contributed by atoms with Gasteiger partial charge < -0.3 is 19.9 Å². The zero-order chi connectivity index (χ0) is 23.6. The number of amides is 4. The number of nitrogens with zero attached hydrogens (tertiary/aromatic N) is 3. The number of aromatic nitrogens is 2. The number of imide groups is 1. The number of aromatic amines is 1. The molecule has 0 saturated carbocycles. The third-order valence-electron chi connectivity index (χ3n) is 6.15. The summed E-state index contributed by atoms with van der Waals surface area (Å²) in [5.74, 6) is -1.43. The van der Waals surface area contributed by atoms with Crippen molar-refractivity contribution in [2.45, 2.75) is 18.9 Å². The molecule has 2 fully saturated rings. The van der Waals surface area contributed by atoms with Gasteiger partial charge in [0, 0.05) is 56.7 Å². The van der Waals surface area contributed by atoms with Crippen LogP contribution in [0.2, 0.25) is 0 Å². The van der Waals surface area contributed by atoms with Gasteiger partial charge in [-0.05, 0) is 30.2 Å². The Morgan fingerprint density at radius 1 is 1.21 bits per heavy atom. The van der Waals surface area contributed by atoms with E-state index in [4.69, 9.17) is 4.74 Å². The SMILES string of the molecule is COC[C@]1(CC(C)C(=O)N2CCN(c3cc(F)cc(-c4cn[nH]c4)c3)CC2)NC(=O)NC1=O. The molecule has 2 aliphatic heterocycles.